The summed E-state index contributed by atoms with van der Waals surface area (Å²) in [5.74, 6) is 4.66. The molecule has 3 aromatic heterocycles. The van der Waals surface area contributed by atoms with Crippen LogP contribution in [0.5, 0.6) is 11.6 Å². The lowest BCUT2D eigenvalue weighted by atomic mass is 10.1. The third-order valence-corrected chi connectivity index (χ3v) is 8.33. The van der Waals surface area contributed by atoms with Crippen LogP contribution in [-0.4, -0.2) is 49.8 Å². The highest BCUT2D eigenvalue weighted by Gasteiger charge is 2.35. The lowest BCUT2D eigenvalue weighted by molar-refractivity contribution is -0.832. The smallest absolute Gasteiger partial charge is 0.415 e. The Morgan fingerprint density at radius 3 is 2.48 bits per heavy atom. The largest absolute Gasteiger partial charge is 0.497 e. The van der Waals surface area contributed by atoms with E-state index in [1.54, 1.807) is 19.2 Å². The van der Waals surface area contributed by atoms with Gasteiger partial charge in [-0.25, -0.2) is 18.2 Å². The maximum absolute atomic E-state index is 13.0. The number of nitrogens with one attached hydrogen (secondary N) is 1. The molecule has 0 radical (unpaired) electrons. The number of methoxy groups -OCH3 is 1. The molecular formula is C31H22N4O8S. The van der Waals surface area contributed by atoms with Gasteiger partial charge in [0.2, 0.25) is 0 Å². The van der Waals surface area contributed by atoms with Gasteiger partial charge in [-0.15, -0.1) is 0 Å². The Bertz CT molecular complexity index is 2160. The van der Waals surface area contributed by atoms with E-state index in [0.29, 0.717) is 11.4 Å². The summed E-state index contributed by atoms with van der Waals surface area (Å²) in [6.45, 7) is -0.661. The van der Waals surface area contributed by atoms with Crippen LogP contribution in [0.1, 0.15) is 10.5 Å². The second-order valence-electron chi connectivity index (χ2n) is 9.25. The first-order valence-corrected chi connectivity index (χ1v) is 14.6. The van der Waals surface area contributed by atoms with Crippen LogP contribution in [0.4, 0.5) is 0 Å². The number of nitrogens with zero attached hydrogens (tertiary/aromatic N) is 3. The van der Waals surface area contributed by atoms with E-state index >= 15 is 0 Å². The molecule has 6 aromatic rings. The fourth-order valence-electron chi connectivity index (χ4n) is 4.53. The third kappa shape index (κ3) is 5.37. The van der Waals surface area contributed by atoms with Gasteiger partial charge < -0.3 is 24.4 Å². The molecule has 0 aliphatic heterocycles. The predicted octanol–water partition coefficient (Wildman–Crippen LogP) is 4.09. The van der Waals surface area contributed by atoms with Gasteiger partial charge in [0.25, 0.3) is 9.84 Å². The molecule has 0 saturated heterocycles. The summed E-state index contributed by atoms with van der Waals surface area (Å²) >= 11 is 0. The van der Waals surface area contributed by atoms with Gasteiger partial charge in [0.15, 0.2) is 13.2 Å². The van der Waals surface area contributed by atoms with Crippen molar-refractivity contribution in [3.63, 3.8) is 0 Å². The zero-order valence-electron chi connectivity index (χ0n) is 23.0. The molecular weight excluding hydrogens is 588 g/mol. The molecule has 13 heteroatoms. The summed E-state index contributed by atoms with van der Waals surface area (Å²) in [6, 6.07) is 24.0. The second-order valence-corrected chi connectivity index (χ2v) is 11.1. The number of hydrogen-bond donors (Lipinski definition) is 1. The molecule has 3 heterocycles. The lowest BCUT2D eigenvalue weighted by Crippen LogP contribution is -2.30. The molecule has 0 unspecified atom stereocenters. The molecule has 0 aliphatic carbocycles. The second kappa shape index (κ2) is 11.8. The zero-order chi connectivity index (χ0) is 30.7. The Kier molecular flexibility index (Phi) is 7.57. The first-order chi connectivity index (χ1) is 21.4. The van der Waals surface area contributed by atoms with Gasteiger partial charge in [-0.3, -0.25) is 4.63 Å². The lowest BCUT2D eigenvalue weighted by Gasteiger charge is -2.08. The number of esters is 1. The fraction of sp³-hybridized carbons (Fsp3) is 0.0968. The summed E-state index contributed by atoms with van der Waals surface area (Å²) in [7, 11) is -2.68. The van der Waals surface area contributed by atoms with Crippen LogP contribution in [0, 0.1) is 17.0 Å². The molecule has 12 nitrogen and oxygen atoms in total. The topological polar surface area (TPSA) is 161 Å². The average molecular weight is 611 g/mol. The van der Waals surface area contributed by atoms with Crippen LogP contribution in [0.3, 0.4) is 0 Å². The average Bonchev–Trinajstić information content (AvgIpc) is 3.63. The number of rotatable bonds is 8. The number of aromatic amines is 1. The van der Waals surface area contributed by atoms with Crippen molar-refractivity contribution >= 4 is 37.6 Å². The number of hydrogen-bond acceptors (Lipinski definition) is 10. The third-order valence-electron chi connectivity index (χ3n) is 6.61. The van der Waals surface area contributed by atoms with Crippen molar-refractivity contribution in [3.8, 4) is 34.7 Å². The van der Waals surface area contributed by atoms with E-state index < -0.39 is 26.7 Å². The Labute approximate surface area is 250 Å². The van der Waals surface area contributed by atoms with Gasteiger partial charge in [-0.2, -0.15) is 0 Å². The molecule has 0 bridgehead atoms. The van der Waals surface area contributed by atoms with Crippen LogP contribution in [0.25, 0.3) is 33.1 Å². The number of para-hydroxylation sites is 1. The SMILES string of the molecule is COc1ccc(-c2nc(C(=O)OCC#CCOc3no[n+]([O-])c3S(=O)(=O)c3ccccc3)cc3c2[nH]c2ccccc23)cc1. The molecule has 6 rings (SSSR count). The van der Waals surface area contributed by atoms with Gasteiger partial charge in [0.05, 0.1) is 28.4 Å². The van der Waals surface area contributed by atoms with Crippen molar-refractivity contribution in [3.05, 3.63) is 95.8 Å². The van der Waals surface area contributed by atoms with Crippen LogP contribution in [0.15, 0.2) is 99.5 Å². The van der Waals surface area contributed by atoms with Crippen molar-refractivity contribution in [2.75, 3.05) is 20.3 Å². The maximum Gasteiger partial charge on any atom is 0.415 e. The van der Waals surface area contributed by atoms with Crippen LogP contribution in [-0.2, 0) is 14.6 Å². The number of H-pyrrole nitrogens is 1. The van der Waals surface area contributed by atoms with Crippen LogP contribution >= 0.6 is 0 Å². The van der Waals surface area contributed by atoms with E-state index in [1.807, 2.05) is 48.5 Å². The van der Waals surface area contributed by atoms with Crippen molar-refractivity contribution in [1.82, 2.24) is 15.1 Å². The van der Waals surface area contributed by atoms with Crippen molar-refractivity contribution in [1.29, 1.82) is 0 Å². The van der Waals surface area contributed by atoms with E-state index in [4.69, 9.17) is 14.2 Å². The highest BCUT2D eigenvalue weighted by molar-refractivity contribution is 7.91. The minimum Gasteiger partial charge on any atom is -0.497 e. The number of benzene rings is 3. The first-order valence-electron chi connectivity index (χ1n) is 13.1. The standard InChI is InChI=1S/C31H22N4O8S/c1-40-21-15-13-20(14-16-21)27-28-24(23-11-5-6-12-25(23)32-28)19-26(33-27)31(36)42-18-8-7-17-41-29-30(35(37)43-34-29)44(38,39)22-9-3-2-4-10-22/h2-6,9-16,19,32H,17-18H2,1H3. The van der Waals surface area contributed by atoms with E-state index in [1.165, 1.54) is 24.3 Å². The first kappa shape index (κ1) is 28.3. The van der Waals surface area contributed by atoms with E-state index in [0.717, 1.165) is 27.4 Å². The maximum atomic E-state index is 13.0. The summed E-state index contributed by atoms with van der Waals surface area (Å²) in [5.41, 5.74) is 3.09. The molecule has 220 valence electrons. The molecule has 3 aromatic carbocycles. The number of carbonyl (C=O) groups is 1. The Balaban J connectivity index is 1.18. The van der Waals surface area contributed by atoms with Crippen LogP contribution < -0.4 is 14.4 Å². The minimum atomic E-state index is -4.26. The number of aromatic nitrogens is 4. The molecule has 0 saturated carbocycles. The summed E-state index contributed by atoms with van der Waals surface area (Å²) in [5, 5.41) is 16.3. The molecule has 1 N–H and O–H groups in total. The minimum absolute atomic E-state index is 0.0875. The quantitative estimate of drug-likeness (QED) is 0.151. The number of pyridine rings is 1. The van der Waals surface area contributed by atoms with E-state index in [9.17, 15) is 18.4 Å². The van der Waals surface area contributed by atoms with E-state index in [-0.39, 0.29) is 28.7 Å². The molecule has 44 heavy (non-hydrogen) atoms. The number of sulfone groups is 1. The normalized spacial score (nSPS) is 11.2. The number of ether oxygens (including phenoxy) is 3. The Morgan fingerprint density at radius 2 is 1.70 bits per heavy atom. The monoisotopic (exact) mass is 610 g/mol. The van der Waals surface area contributed by atoms with Gasteiger partial charge in [0, 0.05) is 21.9 Å². The van der Waals surface area contributed by atoms with Crippen LogP contribution in [0.2, 0.25) is 0 Å². The summed E-state index contributed by atoms with van der Waals surface area (Å²) in [6.07, 6.45) is 0. The Morgan fingerprint density at radius 1 is 0.977 bits per heavy atom. The van der Waals surface area contributed by atoms with Crippen molar-refractivity contribution in [2.24, 2.45) is 0 Å². The number of carbonyl (C=O) groups excluding carboxylic acids is 1. The highest BCUT2D eigenvalue weighted by atomic mass is 32.2. The molecule has 0 atom stereocenters. The molecule has 0 fully saturated rings. The predicted molar refractivity (Wildman–Crippen MR) is 156 cm³/mol. The Hall–Kier alpha value is -5.87. The zero-order valence-corrected chi connectivity index (χ0v) is 23.8. The molecule has 0 amide bonds. The van der Waals surface area contributed by atoms with Gasteiger partial charge in [-0.05, 0) is 53.4 Å². The van der Waals surface area contributed by atoms with Gasteiger partial charge >= 0.3 is 16.9 Å². The van der Waals surface area contributed by atoms with Gasteiger partial charge in [0.1, 0.15) is 11.4 Å². The summed E-state index contributed by atoms with van der Waals surface area (Å²) < 4.78 is 46.0. The summed E-state index contributed by atoms with van der Waals surface area (Å²) in [4.78, 5) is 20.7. The molecule has 0 aliphatic rings. The highest BCUT2D eigenvalue weighted by Crippen LogP contribution is 2.33. The van der Waals surface area contributed by atoms with Crippen molar-refractivity contribution < 1.29 is 37.0 Å². The van der Waals surface area contributed by atoms with Gasteiger partial charge in [-0.1, -0.05) is 48.2 Å². The fourth-order valence-corrected chi connectivity index (χ4v) is 5.83. The van der Waals surface area contributed by atoms with E-state index in [2.05, 4.69) is 31.6 Å². The molecule has 0 spiro atoms. The van der Waals surface area contributed by atoms with Crippen molar-refractivity contribution in [2.45, 2.75) is 9.92 Å². The number of fused-ring (bicyclic) bond motifs is 3.